The minimum Gasteiger partial charge on any atom is -0.462 e. The summed E-state index contributed by atoms with van der Waals surface area (Å²) < 4.78 is 17.9. The van der Waals surface area contributed by atoms with Gasteiger partial charge < -0.3 is 14.2 Å². The van der Waals surface area contributed by atoms with Crippen LogP contribution in [0.4, 0.5) is 0 Å². The van der Waals surface area contributed by atoms with E-state index in [1.165, 1.54) is 38.7 Å². The monoisotopic (exact) mass is 486 g/mol. The van der Waals surface area contributed by atoms with Crippen molar-refractivity contribution in [1.82, 2.24) is 0 Å². The van der Waals surface area contributed by atoms with Crippen molar-refractivity contribution in [3.8, 4) is 0 Å². The summed E-state index contributed by atoms with van der Waals surface area (Å²) in [4.78, 5) is 23.8. The smallest absolute Gasteiger partial charge is 0.302 e. The molecule has 0 unspecified atom stereocenters. The van der Waals surface area contributed by atoms with Crippen LogP contribution in [0.1, 0.15) is 93.4 Å². The van der Waals surface area contributed by atoms with E-state index in [1.54, 1.807) is 5.57 Å². The second kappa shape index (κ2) is 10.0. The fourth-order valence-electron chi connectivity index (χ4n) is 8.12. The van der Waals surface area contributed by atoms with Gasteiger partial charge in [0.25, 0.3) is 0 Å². The van der Waals surface area contributed by atoms with Crippen molar-refractivity contribution in [2.45, 2.75) is 112 Å². The first kappa shape index (κ1) is 26.4. The van der Waals surface area contributed by atoms with Gasteiger partial charge in [-0.1, -0.05) is 51.0 Å². The van der Waals surface area contributed by atoms with Crippen LogP contribution >= 0.6 is 0 Å². The van der Waals surface area contributed by atoms with Gasteiger partial charge >= 0.3 is 11.9 Å². The molecule has 3 saturated carbocycles. The Kier molecular flexibility index (Phi) is 7.58. The summed E-state index contributed by atoms with van der Waals surface area (Å²) in [5.74, 6) is 1.61. The molecule has 5 heteroatoms. The Hall–Kier alpha value is -1.62. The lowest BCUT2D eigenvalue weighted by atomic mass is 9.49. The fourth-order valence-corrected chi connectivity index (χ4v) is 8.12. The van der Waals surface area contributed by atoms with Crippen LogP contribution < -0.4 is 0 Å². The van der Waals surface area contributed by atoms with Crippen molar-refractivity contribution in [3.63, 3.8) is 0 Å². The number of hydrogen-bond acceptors (Lipinski definition) is 5. The van der Waals surface area contributed by atoms with E-state index >= 15 is 0 Å². The van der Waals surface area contributed by atoms with Crippen molar-refractivity contribution in [2.24, 2.45) is 34.5 Å². The maximum atomic E-state index is 12.1. The molecule has 0 spiro atoms. The molecule has 196 valence electrons. The standard InChI is InChI=1S/C30H46O5/c1-18(2)13-15-33-19(3)25-10-11-26-24-9-8-22-16-23(34-20(4)31)17-28(35-21(5)32)30(22,7)27(24)12-14-29(25,26)6/h8-9,18-19,23,25-28H,10-17H2,1-7H3/t19-,23+,25+,26-,27-,28-,29+,30-/m0/s1. The molecule has 8 atom stereocenters. The van der Waals surface area contributed by atoms with Gasteiger partial charge in [0.1, 0.15) is 12.2 Å². The summed E-state index contributed by atoms with van der Waals surface area (Å²) in [5.41, 5.74) is 2.81. The molecule has 0 N–H and O–H groups in total. The van der Waals surface area contributed by atoms with Crippen LogP contribution in [0.15, 0.2) is 23.3 Å². The fraction of sp³-hybridized carbons (Fsp3) is 0.800. The Balaban J connectivity index is 1.59. The van der Waals surface area contributed by atoms with Crippen LogP contribution in [0.2, 0.25) is 0 Å². The molecular formula is C30H46O5. The summed E-state index contributed by atoms with van der Waals surface area (Å²) in [6.07, 6.45) is 11.5. The summed E-state index contributed by atoms with van der Waals surface area (Å²) in [5, 5.41) is 0. The SMILES string of the molecule is CC(=O)O[C@@H]1CC2=CC=C3[C@@H]4CC[C@H]([C@H](C)OCCC(C)C)[C@@]4(C)CC[C@@H]3[C@@]2(C)[C@@H](OC(C)=O)C1. The first-order chi connectivity index (χ1) is 16.5. The van der Waals surface area contributed by atoms with Gasteiger partial charge in [0.2, 0.25) is 0 Å². The molecule has 4 aliphatic carbocycles. The maximum absolute atomic E-state index is 12.1. The average Bonchev–Trinajstić information content (AvgIpc) is 3.11. The Morgan fingerprint density at radius 2 is 1.71 bits per heavy atom. The third kappa shape index (κ3) is 4.86. The molecular weight excluding hydrogens is 440 g/mol. The first-order valence-electron chi connectivity index (χ1n) is 13.8. The van der Waals surface area contributed by atoms with Crippen molar-refractivity contribution in [1.29, 1.82) is 0 Å². The highest BCUT2D eigenvalue weighted by Gasteiger charge is 2.60. The molecule has 35 heavy (non-hydrogen) atoms. The van der Waals surface area contributed by atoms with E-state index in [2.05, 4.69) is 46.8 Å². The summed E-state index contributed by atoms with van der Waals surface area (Å²) >= 11 is 0. The molecule has 0 radical (unpaired) electrons. The van der Waals surface area contributed by atoms with Crippen LogP contribution in [-0.4, -0.2) is 36.9 Å². The van der Waals surface area contributed by atoms with Gasteiger partial charge in [0.15, 0.2) is 0 Å². The number of hydrogen-bond donors (Lipinski definition) is 0. The third-order valence-corrected chi connectivity index (χ3v) is 9.96. The van der Waals surface area contributed by atoms with Crippen molar-refractivity contribution < 1.29 is 23.8 Å². The molecule has 0 saturated heterocycles. The van der Waals surface area contributed by atoms with Crippen LogP contribution in [0.5, 0.6) is 0 Å². The zero-order chi connectivity index (χ0) is 25.5. The minimum absolute atomic E-state index is 0.236. The van der Waals surface area contributed by atoms with Gasteiger partial charge in [-0.2, -0.15) is 0 Å². The van der Waals surface area contributed by atoms with E-state index in [0.717, 1.165) is 25.9 Å². The summed E-state index contributed by atoms with van der Waals surface area (Å²) in [7, 11) is 0. The first-order valence-corrected chi connectivity index (χ1v) is 13.8. The quantitative estimate of drug-likeness (QED) is 0.389. The van der Waals surface area contributed by atoms with E-state index in [4.69, 9.17) is 14.2 Å². The average molecular weight is 487 g/mol. The van der Waals surface area contributed by atoms with Gasteiger partial charge in [-0.25, -0.2) is 0 Å². The van der Waals surface area contributed by atoms with Gasteiger partial charge in [-0.05, 0) is 68.1 Å². The van der Waals surface area contributed by atoms with E-state index < -0.39 is 0 Å². The molecule has 0 aromatic heterocycles. The molecule has 3 fully saturated rings. The molecule has 4 rings (SSSR count). The molecule has 0 bridgehead atoms. The van der Waals surface area contributed by atoms with E-state index in [9.17, 15) is 9.59 Å². The lowest BCUT2D eigenvalue weighted by Gasteiger charge is -2.57. The zero-order valence-corrected chi connectivity index (χ0v) is 22.9. The lowest BCUT2D eigenvalue weighted by molar-refractivity contribution is -0.165. The maximum Gasteiger partial charge on any atom is 0.302 e. The predicted molar refractivity (Wildman–Crippen MR) is 137 cm³/mol. The van der Waals surface area contributed by atoms with Crippen LogP contribution in [-0.2, 0) is 23.8 Å². The number of rotatable bonds is 7. The summed E-state index contributed by atoms with van der Waals surface area (Å²) in [6.45, 7) is 15.4. The molecule has 4 aliphatic rings. The highest BCUT2D eigenvalue weighted by molar-refractivity contribution is 5.67. The molecule has 0 heterocycles. The van der Waals surface area contributed by atoms with Crippen molar-refractivity contribution >= 4 is 11.9 Å². The second-order valence-corrected chi connectivity index (χ2v) is 12.5. The second-order valence-electron chi connectivity index (χ2n) is 12.5. The van der Waals surface area contributed by atoms with Crippen molar-refractivity contribution in [2.75, 3.05) is 6.61 Å². The number of esters is 2. The van der Waals surface area contributed by atoms with Gasteiger partial charge in [0, 0.05) is 38.7 Å². The molecule has 0 aromatic carbocycles. The Morgan fingerprint density at radius 1 is 1.00 bits per heavy atom. The number of carbonyl (C=O) groups excluding carboxylic acids is 2. The van der Waals surface area contributed by atoms with Crippen LogP contribution in [0.25, 0.3) is 0 Å². The normalized spacial score (nSPS) is 39.0. The summed E-state index contributed by atoms with van der Waals surface area (Å²) in [6, 6.07) is 0. The van der Waals surface area contributed by atoms with Gasteiger partial charge in [-0.15, -0.1) is 0 Å². The zero-order valence-electron chi connectivity index (χ0n) is 22.9. The van der Waals surface area contributed by atoms with Gasteiger partial charge in [0.05, 0.1) is 6.10 Å². The molecule has 0 aliphatic heterocycles. The molecule has 5 nitrogen and oxygen atoms in total. The number of carbonyl (C=O) groups is 2. The topological polar surface area (TPSA) is 61.8 Å². The number of fused-ring (bicyclic) bond motifs is 5. The molecule has 0 amide bonds. The van der Waals surface area contributed by atoms with Crippen LogP contribution in [0, 0.1) is 34.5 Å². The van der Waals surface area contributed by atoms with E-state index in [1.807, 2.05) is 0 Å². The number of allylic oxidation sites excluding steroid dienone is 3. The molecule has 0 aromatic rings. The highest BCUT2D eigenvalue weighted by atomic mass is 16.6. The highest BCUT2D eigenvalue weighted by Crippen LogP contribution is 2.65. The lowest BCUT2D eigenvalue weighted by Crippen LogP contribution is -2.54. The van der Waals surface area contributed by atoms with E-state index in [-0.39, 0.29) is 41.1 Å². The van der Waals surface area contributed by atoms with Gasteiger partial charge in [-0.3, -0.25) is 9.59 Å². The van der Waals surface area contributed by atoms with Crippen molar-refractivity contribution in [3.05, 3.63) is 23.3 Å². The predicted octanol–water partition coefficient (Wildman–Crippen LogP) is 6.41. The third-order valence-electron chi connectivity index (χ3n) is 9.96. The minimum atomic E-state index is -0.280. The Morgan fingerprint density at radius 3 is 2.37 bits per heavy atom. The van der Waals surface area contributed by atoms with E-state index in [0.29, 0.717) is 30.1 Å². The number of ether oxygens (including phenoxy) is 3. The van der Waals surface area contributed by atoms with Crippen LogP contribution in [0.3, 0.4) is 0 Å². The Labute approximate surface area is 212 Å². The largest absolute Gasteiger partial charge is 0.462 e. The Bertz CT molecular complexity index is 887.